The highest BCUT2D eigenvalue weighted by atomic mass is 35.5. The van der Waals surface area contributed by atoms with Gasteiger partial charge in [0.2, 0.25) is 0 Å². The van der Waals surface area contributed by atoms with E-state index in [2.05, 4.69) is 17.6 Å². The minimum atomic E-state index is -1.06. The Morgan fingerprint density at radius 1 is 1.33 bits per heavy atom. The zero-order valence-electron chi connectivity index (χ0n) is 12.3. The smallest absolute Gasteiger partial charge is 0.335 e. The molecule has 3 N–H and O–H groups in total. The first-order chi connectivity index (χ1) is 9.93. The van der Waals surface area contributed by atoms with Crippen molar-refractivity contribution in [2.75, 3.05) is 5.32 Å². The number of hydrogen-bond acceptors (Lipinski definition) is 2. The number of carboxylic acids is 1. The minimum Gasteiger partial charge on any atom is -0.478 e. The molecule has 6 heteroatoms. The summed E-state index contributed by atoms with van der Waals surface area (Å²) in [5.41, 5.74) is 0.471. The molecule has 1 aromatic rings. The number of carbonyl (C=O) groups is 2. The Hall–Kier alpha value is -1.75. The van der Waals surface area contributed by atoms with Crippen molar-refractivity contribution in [1.29, 1.82) is 0 Å². The van der Waals surface area contributed by atoms with Crippen molar-refractivity contribution in [2.45, 2.75) is 45.6 Å². The largest absolute Gasteiger partial charge is 0.478 e. The molecule has 1 rings (SSSR count). The summed E-state index contributed by atoms with van der Waals surface area (Å²) in [6, 6.07) is 3.92. The Bertz CT molecular complexity index is 506. The van der Waals surface area contributed by atoms with Gasteiger partial charge in [-0.05, 0) is 31.5 Å². The summed E-state index contributed by atoms with van der Waals surface area (Å²) in [7, 11) is 0. The topological polar surface area (TPSA) is 78.4 Å². The summed E-state index contributed by atoms with van der Waals surface area (Å²) >= 11 is 5.95. The molecule has 0 aromatic heterocycles. The summed E-state index contributed by atoms with van der Waals surface area (Å²) in [6.45, 7) is 4.08. The van der Waals surface area contributed by atoms with E-state index >= 15 is 0 Å². The molecule has 0 bridgehead atoms. The molecule has 2 amide bonds. The maximum absolute atomic E-state index is 11.8. The lowest BCUT2D eigenvalue weighted by molar-refractivity contribution is 0.0697. The summed E-state index contributed by atoms with van der Waals surface area (Å²) in [5.74, 6) is -1.06. The number of halogens is 1. The molecule has 1 unspecified atom stereocenters. The molecule has 0 radical (unpaired) electrons. The summed E-state index contributed by atoms with van der Waals surface area (Å²) in [4.78, 5) is 22.6. The van der Waals surface area contributed by atoms with Crippen LogP contribution in [0.2, 0.25) is 5.02 Å². The van der Waals surface area contributed by atoms with Crippen LogP contribution in [0.15, 0.2) is 18.2 Å². The highest BCUT2D eigenvalue weighted by Gasteiger charge is 2.11. The molecule has 116 valence electrons. The second-order valence-corrected chi connectivity index (χ2v) is 5.40. The van der Waals surface area contributed by atoms with Crippen LogP contribution in [-0.4, -0.2) is 23.1 Å². The lowest BCUT2D eigenvalue weighted by Gasteiger charge is -2.15. The lowest BCUT2D eigenvalue weighted by Crippen LogP contribution is -2.36. The normalized spacial score (nSPS) is 11.8. The van der Waals surface area contributed by atoms with E-state index in [1.165, 1.54) is 18.2 Å². The Morgan fingerprint density at radius 2 is 2.05 bits per heavy atom. The number of nitrogens with one attached hydrogen (secondary N) is 2. The van der Waals surface area contributed by atoms with Gasteiger partial charge < -0.3 is 15.7 Å². The monoisotopic (exact) mass is 312 g/mol. The van der Waals surface area contributed by atoms with Crippen LogP contribution in [0, 0.1) is 0 Å². The van der Waals surface area contributed by atoms with E-state index < -0.39 is 5.97 Å². The number of benzene rings is 1. The quantitative estimate of drug-likeness (QED) is 0.662. The van der Waals surface area contributed by atoms with Gasteiger partial charge in [0, 0.05) is 6.04 Å². The average Bonchev–Trinajstić information content (AvgIpc) is 2.41. The van der Waals surface area contributed by atoms with Crippen molar-refractivity contribution < 1.29 is 14.7 Å². The molecular weight excluding hydrogens is 292 g/mol. The number of hydrogen-bond donors (Lipinski definition) is 3. The molecule has 0 saturated heterocycles. The third kappa shape index (κ3) is 6.04. The van der Waals surface area contributed by atoms with E-state index in [9.17, 15) is 9.59 Å². The fourth-order valence-electron chi connectivity index (χ4n) is 1.90. The molecular formula is C15H21ClN2O3. The van der Waals surface area contributed by atoms with Gasteiger partial charge in [0.05, 0.1) is 16.3 Å². The van der Waals surface area contributed by atoms with Crippen molar-refractivity contribution in [1.82, 2.24) is 5.32 Å². The van der Waals surface area contributed by atoms with Crippen LogP contribution in [-0.2, 0) is 0 Å². The van der Waals surface area contributed by atoms with E-state index in [4.69, 9.17) is 16.7 Å². The first-order valence-corrected chi connectivity index (χ1v) is 7.42. The summed E-state index contributed by atoms with van der Waals surface area (Å²) in [6.07, 6.45) is 4.29. The number of unbranched alkanes of at least 4 members (excludes halogenated alkanes) is 2. The maximum atomic E-state index is 11.8. The molecule has 1 aromatic carbocycles. The molecule has 0 fully saturated rings. The predicted octanol–water partition coefficient (Wildman–Crippen LogP) is 4.13. The fourth-order valence-corrected chi connectivity index (χ4v) is 2.13. The molecule has 1 atom stereocenters. The number of anilines is 1. The molecule has 0 aliphatic rings. The van der Waals surface area contributed by atoms with Crippen LogP contribution >= 0.6 is 11.6 Å². The van der Waals surface area contributed by atoms with Gasteiger partial charge in [-0.25, -0.2) is 9.59 Å². The average molecular weight is 313 g/mol. The van der Waals surface area contributed by atoms with Gasteiger partial charge in [-0.15, -0.1) is 0 Å². The second kappa shape index (κ2) is 8.52. The van der Waals surface area contributed by atoms with Crippen LogP contribution < -0.4 is 10.6 Å². The number of rotatable bonds is 7. The van der Waals surface area contributed by atoms with Crippen molar-refractivity contribution in [2.24, 2.45) is 0 Å². The van der Waals surface area contributed by atoms with E-state index in [1.807, 2.05) is 6.92 Å². The molecule has 0 saturated carbocycles. The van der Waals surface area contributed by atoms with E-state index in [0.29, 0.717) is 5.69 Å². The Balaban J connectivity index is 2.53. The van der Waals surface area contributed by atoms with E-state index in [1.54, 1.807) is 0 Å². The number of urea groups is 1. The SMILES string of the molecule is CCCCCC(C)NC(=O)Nc1ccc(C(=O)O)cc1Cl. The third-order valence-electron chi connectivity index (χ3n) is 3.08. The van der Waals surface area contributed by atoms with E-state index in [0.717, 1.165) is 25.7 Å². The van der Waals surface area contributed by atoms with Crippen molar-refractivity contribution in [3.8, 4) is 0 Å². The zero-order valence-corrected chi connectivity index (χ0v) is 13.0. The highest BCUT2D eigenvalue weighted by molar-refractivity contribution is 6.34. The molecule has 0 aliphatic carbocycles. The fraction of sp³-hybridized carbons (Fsp3) is 0.467. The van der Waals surface area contributed by atoms with Crippen LogP contribution in [0.3, 0.4) is 0 Å². The van der Waals surface area contributed by atoms with Gasteiger partial charge in [-0.2, -0.15) is 0 Å². The predicted molar refractivity (Wildman–Crippen MR) is 84.2 cm³/mol. The molecule has 5 nitrogen and oxygen atoms in total. The second-order valence-electron chi connectivity index (χ2n) is 5.00. The van der Waals surface area contributed by atoms with Crippen molar-refractivity contribution >= 4 is 29.3 Å². The van der Waals surface area contributed by atoms with Gasteiger partial charge in [0.1, 0.15) is 0 Å². The van der Waals surface area contributed by atoms with Crippen molar-refractivity contribution in [3.63, 3.8) is 0 Å². The van der Waals surface area contributed by atoms with Gasteiger partial charge in [0.15, 0.2) is 0 Å². The minimum absolute atomic E-state index is 0.0774. The van der Waals surface area contributed by atoms with E-state index in [-0.39, 0.29) is 22.7 Å². The highest BCUT2D eigenvalue weighted by Crippen LogP contribution is 2.23. The first-order valence-electron chi connectivity index (χ1n) is 7.04. The standard InChI is InChI=1S/C15H21ClN2O3/c1-3-4-5-6-10(2)17-15(21)18-13-8-7-11(14(19)20)9-12(13)16/h7-10H,3-6H2,1-2H3,(H,19,20)(H2,17,18,21). The maximum Gasteiger partial charge on any atom is 0.335 e. The molecule has 0 spiro atoms. The summed E-state index contributed by atoms with van der Waals surface area (Å²) < 4.78 is 0. The number of carboxylic acid groups (broad SMARTS) is 1. The van der Waals surface area contributed by atoms with Gasteiger partial charge in [-0.1, -0.05) is 37.8 Å². The first kappa shape index (κ1) is 17.3. The van der Waals surface area contributed by atoms with Crippen molar-refractivity contribution in [3.05, 3.63) is 28.8 Å². The zero-order chi connectivity index (χ0) is 15.8. The molecule has 21 heavy (non-hydrogen) atoms. The lowest BCUT2D eigenvalue weighted by atomic mass is 10.1. The van der Waals surface area contributed by atoms with Crippen LogP contribution in [0.4, 0.5) is 10.5 Å². The Labute approximate surface area is 129 Å². The molecule has 0 aliphatic heterocycles. The van der Waals surface area contributed by atoms with Crippen LogP contribution in [0.1, 0.15) is 49.9 Å². The Kier molecular flexibility index (Phi) is 7.02. The molecule has 0 heterocycles. The van der Waals surface area contributed by atoms with Gasteiger partial charge >= 0.3 is 12.0 Å². The summed E-state index contributed by atoms with van der Waals surface area (Å²) in [5, 5.41) is 14.5. The Morgan fingerprint density at radius 3 is 2.62 bits per heavy atom. The number of aromatic carboxylic acids is 1. The number of amides is 2. The van der Waals surface area contributed by atoms with Crippen LogP contribution in [0.25, 0.3) is 0 Å². The van der Waals surface area contributed by atoms with Gasteiger partial charge in [-0.3, -0.25) is 0 Å². The van der Waals surface area contributed by atoms with Gasteiger partial charge in [0.25, 0.3) is 0 Å². The number of carbonyl (C=O) groups excluding carboxylic acids is 1. The van der Waals surface area contributed by atoms with Crippen LogP contribution in [0.5, 0.6) is 0 Å². The third-order valence-corrected chi connectivity index (χ3v) is 3.40.